The van der Waals surface area contributed by atoms with Crippen LogP contribution in [0, 0.1) is 22.9 Å². The summed E-state index contributed by atoms with van der Waals surface area (Å²) in [5, 5.41) is 14.0. The van der Waals surface area contributed by atoms with E-state index in [1.807, 2.05) is 42.7 Å². The number of benzene rings is 2. The summed E-state index contributed by atoms with van der Waals surface area (Å²) in [6.07, 6.45) is 4.58. The summed E-state index contributed by atoms with van der Waals surface area (Å²) in [6.45, 7) is 5.67. The van der Waals surface area contributed by atoms with Gasteiger partial charge >= 0.3 is 0 Å². The molecule has 1 aliphatic rings. The highest BCUT2D eigenvalue weighted by Gasteiger charge is 2.22. The molecule has 34 heavy (non-hydrogen) atoms. The molecule has 0 unspecified atom stereocenters. The van der Waals surface area contributed by atoms with Crippen molar-refractivity contribution in [3.63, 3.8) is 0 Å². The first-order valence-corrected chi connectivity index (χ1v) is 11.1. The van der Waals surface area contributed by atoms with Crippen LogP contribution in [0.4, 0.5) is 21.5 Å². The summed E-state index contributed by atoms with van der Waals surface area (Å²) >= 11 is 0. The predicted octanol–water partition coefficient (Wildman–Crippen LogP) is 4.05. The summed E-state index contributed by atoms with van der Waals surface area (Å²) in [6, 6.07) is 13.6. The number of carbonyl (C=O) groups is 1. The predicted molar refractivity (Wildman–Crippen MR) is 129 cm³/mol. The molecule has 3 aromatic rings. The number of hydrogen-bond donors (Lipinski definition) is 1. The van der Waals surface area contributed by atoms with E-state index < -0.39 is 22.3 Å². The van der Waals surface area contributed by atoms with Crippen molar-refractivity contribution >= 4 is 23.0 Å². The van der Waals surface area contributed by atoms with Crippen molar-refractivity contribution in [3.05, 3.63) is 93.5 Å². The van der Waals surface area contributed by atoms with Crippen LogP contribution in [0.25, 0.3) is 0 Å². The lowest BCUT2D eigenvalue weighted by Gasteiger charge is -2.37. The fourth-order valence-electron chi connectivity index (χ4n) is 4.08. The number of nitro groups is 1. The van der Waals surface area contributed by atoms with Gasteiger partial charge in [0.05, 0.1) is 21.9 Å². The third-order valence-corrected chi connectivity index (χ3v) is 6.11. The van der Waals surface area contributed by atoms with Crippen molar-refractivity contribution in [1.29, 1.82) is 0 Å². The molecule has 8 nitrogen and oxygen atoms in total. The Bertz CT molecular complexity index is 1180. The molecule has 1 aliphatic heterocycles. The maximum atomic E-state index is 14.2. The van der Waals surface area contributed by atoms with Crippen molar-refractivity contribution in [2.45, 2.75) is 13.3 Å². The van der Waals surface area contributed by atoms with Crippen LogP contribution < -0.4 is 10.2 Å². The van der Waals surface area contributed by atoms with Crippen LogP contribution in [-0.2, 0) is 6.42 Å². The fourth-order valence-corrected chi connectivity index (χ4v) is 4.08. The van der Waals surface area contributed by atoms with Gasteiger partial charge in [-0.3, -0.25) is 24.8 Å². The molecule has 176 valence electrons. The number of piperazine rings is 1. The Morgan fingerprint density at radius 2 is 1.82 bits per heavy atom. The number of carbonyl (C=O) groups excluding carboxylic acids is 1. The number of nitrogens with one attached hydrogen (secondary N) is 1. The third kappa shape index (κ3) is 5.37. The van der Waals surface area contributed by atoms with Crippen LogP contribution in [0.15, 0.2) is 60.9 Å². The molecule has 0 radical (unpaired) electrons. The number of hydrogen-bond acceptors (Lipinski definition) is 6. The molecule has 0 bridgehead atoms. The van der Waals surface area contributed by atoms with Gasteiger partial charge in [-0.15, -0.1) is 0 Å². The number of amides is 1. The Kier molecular flexibility index (Phi) is 7.12. The highest BCUT2D eigenvalue weighted by molar-refractivity contribution is 6.06. The number of halogens is 1. The van der Waals surface area contributed by atoms with E-state index in [1.54, 1.807) is 6.07 Å². The van der Waals surface area contributed by atoms with E-state index in [0.717, 1.165) is 57.0 Å². The topological polar surface area (TPSA) is 91.6 Å². The smallest absolute Gasteiger partial charge is 0.276 e. The van der Waals surface area contributed by atoms with Gasteiger partial charge in [-0.05, 0) is 49.2 Å². The summed E-state index contributed by atoms with van der Waals surface area (Å²) in [5.41, 5.74) is 2.11. The lowest BCUT2D eigenvalue weighted by molar-refractivity contribution is -0.385. The average Bonchev–Trinajstić information content (AvgIpc) is 2.85. The molecule has 1 N–H and O–H groups in total. The number of aromatic nitrogens is 1. The monoisotopic (exact) mass is 463 g/mol. The van der Waals surface area contributed by atoms with Gasteiger partial charge in [0.2, 0.25) is 0 Å². The lowest BCUT2D eigenvalue weighted by Crippen LogP contribution is -2.47. The van der Waals surface area contributed by atoms with Crippen molar-refractivity contribution in [2.75, 3.05) is 42.9 Å². The second-order valence-corrected chi connectivity index (χ2v) is 8.26. The van der Waals surface area contributed by atoms with E-state index >= 15 is 0 Å². The van der Waals surface area contributed by atoms with Gasteiger partial charge in [-0.1, -0.05) is 12.1 Å². The molecule has 0 atom stereocenters. The van der Waals surface area contributed by atoms with Crippen LogP contribution in [0.3, 0.4) is 0 Å². The number of para-hydroxylation sites is 2. The summed E-state index contributed by atoms with van der Waals surface area (Å²) in [7, 11) is 0. The number of pyridine rings is 1. The van der Waals surface area contributed by atoms with Crippen LogP contribution in [0.5, 0.6) is 0 Å². The molecule has 2 aromatic carbocycles. The van der Waals surface area contributed by atoms with E-state index in [1.165, 1.54) is 12.5 Å². The number of nitrogens with zero attached hydrogens (tertiary/aromatic N) is 4. The fraction of sp³-hybridized carbons (Fsp3) is 0.280. The first-order valence-electron chi connectivity index (χ1n) is 11.1. The largest absolute Gasteiger partial charge is 0.367 e. The molecule has 1 fully saturated rings. The van der Waals surface area contributed by atoms with Gasteiger partial charge in [-0.25, -0.2) is 4.39 Å². The molecule has 1 saturated heterocycles. The minimum Gasteiger partial charge on any atom is -0.367 e. The van der Waals surface area contributed by atoms with Crippen LogP contribution >= 0.6 is 0 Å². The highest BCUT2D eigenvalue weighted by Crippen LogP contribution is 2.28. The number of anilines is 2. The summed E-state index contributed by atoms with van der Waals surface area (Å²) in [5.74, 6) is -1.37. The van der Waals surface area contributed by atoms with Crippen molar-refractivity contribution in [2.24, 2.45) is 0 Å². The molecule has 1 aromatic heterocycles. The molecule has 0 aliphatic carbocycles. The van der Waals surface area contributed by atoms with Gasteiger partial charge in [0, 0.05) is 56.7 Å². The zero-order valence-corrected chi connectivity index (χ0v) is 18.9. The Balaban J connectivity index is 1.42. The standard InChI is InChI=1S/C25H26FN5O3/c1-18-21(26)16-20(17-24(18)31(33)34)25(32)28-22-4-2-3-5-23(22)30-14-12-29(13-15-30)11-8-19-6-9-27-10-7-19/h2-7,9-10,16-17H,8,11-15H2,1H3,(H,28,32). The summed E-state index contributed by atoms with van der Waals surface area (Å²) < 4.78 is 14.2. The van der Waals surface area contributed by atoms with Crippen molar-refractivity contribution < 1.29 is 14.1 Å². The Hall–Kier alpha value is -3.85. The third-order valence-electron chi connectivity index (χ3n) is 6.11. The van der Waals surface area contributed by atoms with E-state index in [9.17, 15) is 19.3 Å². The number of nitro benzene ring substituents is 1. The maximum absolute atomic E-state index is 14.2. The van der Waals surface area contributed by atoms with Gasteiger partial charge in [0.25, 0.3) is 11.6 Å². The van der Waals surface area contributed by atoms with E-state index in [0.29, 0.717) is 5.69 Å². The molecule has 0 saturated carbocycles. The highest BCUT2D eigenvalue weighted by atomic mass is 19.1. The average molecular weight is 464 g/mol. The van der Waals surface area contributed by atoms with Crippen molar-refractivity contribution in [1.82, 2.24) is 9.88 Å². The summed E-state index contributed by atoms with van der Waals surface area (Å²) in [4.78, 5) is 32.0. The molecule has 2 heterocycles. The lowest BCUT2D eigenvalue weighted by atomic mass is 10.1. The zero-order valence-electron chi connectivity index (χ0n) is 18.9. The van der Waals surface area contributed by atoms with E-state index in [2.05, 4.69) is 20.1 Å². The first kappa shape index (κ1) is 23.3. The second-order valence-electron chi connectivity index (χ2n) is 8.26. The normalized spacial score (nSPS) is 14.1. The SMILES string of the molecule is Cc1c(F)cc(C(=O)Nc2ccccc2N2CCN(CCc3ccncc3)CC2)cc1[N+](=O)[O-]. The minimum absolute atomic E-state index is 0.0921. The second kappa shape index (κ2) is 10.4. The van der Waals surface area contributed by atoms with Crippen molar-refractivity contribution in [3.8, 4) is 0 Å². The molecule has 9 heteroatoms. The molecule has 4 rings (SSSR count). The first-order chi connectivity index (χ1) is 16.4. The van der Waals surface area contributed by atoms with Gasteiger partial charge in [0.15, 0.2) is 0 Å². The Morgan fingerprint density at radius 3 is 2.53 bits per heavy atom. The molecule has 1 amide bonds. The molecule has 0 spiro atoms. The molecular formula is C25H26FN5O3. The Morgan fingerprint density at radius 1 is 1.12 bits per heavy atom. The van der Waals surface area contributed by atoms with E-state index in [-0.39, 0.29) is 11.1 Å². The van der Waals surface area contributed by atoms with Crippen LogP contribution in [-0.4, -0.2) is 53.4 Å². The minimum atomic E-state index is -0.782. The zero-order chi connectivity index (χ0) is 24.1. The quantitative estimate of drug-likeness (QED) is 0.420. The van der Waals surface area contributed by atoms with Crippen LogP contribution in [0.2, 0.25) is 0 Å². The van der Waals surface area contributed by atoms with Gasteiger partial charge in [0.1, 0.15) is 5.82 Å². The van der Waals surface area contributed by atoms with E-state index in [4.69, 9.17) is 0 Å². The molecular weight excluding hydrogens is 437 g/mol. The Labute approximate surface area is 197 Å². The number of rotatable bonds is 7. The maximum Gasteiger partial charge on any atom is 0.276 e. The van der Waals surface area contributed by atoms with Gasteiger partial charge in [-0.2, -0.15) is 0 Å². The van der Waals surface area contributed by atoms with Crippen LogP contribution in [0.1, 0.15) is 21.5 Å². The van der Waals surface area contributed by atoms with Gasteiger partial charge < -0.3 is 10.2 Å².